The number of carbonyl (C=O) groups excluding carboxylic acids is 1. The Balaban J connectivity index is 1.31. The molecule has 1 N–H and O–H groups in total. The second kappa shape index (κ2) is 15.5. The van der Waals surface area contributed by atoms with Gasteiger partial charge in [0.2, 0.25) is 5.95 Å². The number of aryl methyl sites for hydroxylation is 3. The summed E-state index contributed by atoms with van der Waals surface area (Å²) < 4.78 is 41.4. The van der Waals surface area contributed by atoms with Gasteiger partial charge < -0.3 is 19.7 Å². The Morgan fingerprint density at radius 1 is 0.957 bits per heavy atom. The zero-order chi connectivity index (χ0) is 33.5. The fourth-order valence-corrected chi connectivity index (χ4v) is 5.74. The molecule has 2 heterocycles. The van der Waals surface area contributed by atoms with E-state index in [2.05, 4.69) is 32.0 Å². The Kier molecular flexibility index (Phi) is 11.2. The van der Waals surface area contributed by atoms with Gasteiger partial charge in [-0.25, -0.2) is 18.6 Å². The van der Waals surface area contributed by atoms with Crippen molar-refractivity contribution < 1.29 is 23.0 Å². The average Bonchev–Trinajstić information content (AvgIpc) is 3.04. The summed E-state index contributed by atoms with van der Waals surface area (Å²) in [5.41, 5.74) is 3.13. The first kappa shape index (κ1) is 34.0. The molecular formula is C35H39ClF2N6O3. The molecule has 0 unspecified atom stereocenters. The lowest BCUT2D eigenvalue weighted by molar-refractivity contribution is 0.120. The third-order valence-electron chi connectivity index (χ3n) is 8.03. The van der Waals surface area contributed by atoms with Crippen molar-refractivity contribution in [3.8, 4) is 11.5 Å². The van der Waals surface area contributed by atoms with E-state index < -0.39 is 17.7 Å². The van der Waals surface area contributed by atoms with E-state index in [4.69, 9.17) is 21.1 Å². The molecule has 5 rings (SSSR count). The van der Waals surface area contributed by atoms with Gasteiger partial charge in [0, 0.05) is 61.3 Å². The number of ether oxygens (including phenoxy) is 2. The number of piperazine rings is 1. The summed E-state index contributed by atoms with van der Waals surface area (Å²) in [6.07, 6.45) is 0.666. The van der Waals surface area contributed by atoms with E-state index >= 15 is 0 Å². The minimum Gasteiger partial charge on any atom is -0.489 e. The molecule has 1 fully saturated rings. The van der Waals surface area contributed by atoms with E-state index in [0.717, 1.165) is 56.0 Å². The second-order valence-corrected chi connectivity index (χ2v) is 12.0. The Bertz CT molecular complexity index is 1690. The van der Waals surface area contributed by atoms with Gasteiger partial charge in [0.1, 0.15) is 24.0 Å². The summed E-state index contributed by atoms with van der Waals surface area (Å²) in [7, 11) is 0. The predicted molar refractivity (Wildman–Crippen MR) is 180 cm³/mol. The zero-order valence-electron chi connectivity index (χ0n) is 27.0. The van der Waals surface area contributed by atoms with Crippen LogP contribution in [0.3, 0.4) is 0 Å². The van der Waals surface area contributed by atoms with Crippen LogP contribution in [0.5, 0.6) is 11.5 Å². The SMILES string of the molecule is CCN1CCN(CCOc2ccc(Nc3nccc(N(Cc4cc(Cl)ccc4F)C(=O)Oc4c(C)cc(C)cc4C)n3)cc2F)CC1. The predicted octanol–water partition coefficient (Wildman–Crippen LogP) is 7.30. The maximum atomic E-state index is 15.0. The van der Waals surface area contributed by atoms with Gasteiger partial charge in [-0.15, -0.1) is 0 Å². The van der Waals surface area contributed by atoms with Crippen molar-refractivity contribution in [3.05, 3.63) is 99.7 Å². The molecule has 47 heavy (non-hydrogen) atoms. The van der Waals surface area contributed by atoms with Crippen LogP contribution in [-0.2, 0) is 6.54 Å². The van der Waals surface area contributed by atoms with E-state index in [0.29, 0.717) is 23.1 Å². The number of anilines is 3. The molecule has 248 valence electrons. The molecule has 9 nitrogen and oxygen atoms in total. The number of benzene rings is 3. The molecule has 3 aromatic carbocycles. The zero-order valence-corrected chi connectivity index (χ0v) is 27.8. The monoisotopic (exact) mass is 664 g/mol. The number of nitrogens with zero attached hydrogens (tertiary/aromatic N) is 5. The molecule has 0 spiro atoms. The van der Waals surface area contributed by atoms with Crippen LogP contribution in [0.4, 0.5) is 31.0 Å². The van der Waals surface area contributed by atoms with Gasteiger partial charge in [0.05, 0.1) is 6.54 Å². The molecule has 4 aromatic rings. The molecule has 0 bridgehead atoms. The van der Waals surface area contributed by atoms with Crippen LogP contribution in [0, 0.1) is 32.4 Å². The average molecular weight is 665 g/mol. The summed E-state index contributed by atoms with van der Waals surface area (Å²) in [6.45, 7) is 13.7. The smallest absolute Gasteiger partial charge is 0.421 e. The van der Waals surface area contributed by atoms with Crippen molar-refractivity contribution in [1.82, 2.24) is 19.8 Å². The minimum atomic E-state index is -0.774. The topological polar surface area (TPSA) is 83.1 Å². The number of hydrogen-bond donors (Lipinski definition) is 1. The van der Waals surface area contributed by atoms with E-state index in [1.54, 1.807) is 12.1 Å². The van der Waals surface area contributed by atoms with Crippen LogP contribution in [-0.4, -0.2) is 71.7 Å². The third-order valence-corrected chi connectivity index (χ3v) is 8.27. The molecule has 1 aliphatic heterocycles. The quantitative estimate of drug-likeness (QED) is 0.179. The fourth-order valence-electron chi connectivity index (χ4n) is 5.54. The van der Waals surface area contributed by atoms with Crippen molar-refractivity contribution in [1.29, 1.82) is 0 Å². The number of hydrogen-bond acceptors (Lipinski definition) is 8. The highest BCUT2D eigenvalue weighted by atomic mass is 35.5. The van der Waals surface area contributed by atoms with Gasteiger partial charge in [-0.3, -0.25) is 9.80 Å². The standard InChI is InChI=1S/C35H39ClF2N6O3/c1-5-42-12-14-43(15-13-42)16-17-46-31-9-7-28(21-30(31)38)40-34-39-11-10-32(41-34)44(22-26-20-27(36)6-8-29(26)37)35(45)47-33-24(3)18-23(2)19-25(33)4/h6-11,18-21H,5,12-17,22H2,1-4H3,(H,39,40,41). The van der Waals surface area contributed by atoms with Gasteiger partial charge in [0.15, 0.2) is 11.6 Å². The van der Waals surface area contributed by atoms with Crippen molar-refractivity contribution in [3.63, 3.8) is 0 Å². The molecule has 12 heteroatoms. The number of amides is 1. The summed E-state index contributed by atoms with van der Waals surface area (Å²) in [5.74, 6) is -0.298. The van der Waals surface area contributed by atoms with Crippen molar-refractivity contribution in [2.75, 3.05) is 56.1 Å². The van der Waals surface area contributed by atoms with E-state index in [1.165, 1.54) is 41.4 Å². The molecular weight excluding hydrogens is 626 g/mol. The van der Waals surface area contributed by atoms with Crippen LogP contribution in [0.2, 0.25) is 5.02 Å². The lowest BCUT2D eigenvalue weighted by Gasteiger charge is -2.33. The van der Waals surface area contributed by atoms with E-state index in [-0.39, 0.29) is 29.6 Å². The van der Waals surface area contributed by atoms with E-state index in [1.807, 2.05) is 32.9 Å². The van der Waals surface area contributed by atoms with Crippen molar-refractivity contribution in [2.24, 2.45) is 0 Å². The third kappa shape index (κ3) is 8.94. The highest BCUT2D eigenvalue weighted by molar-refractivity contribution is 6.30. The minimum absolute atomic E-state index is 0.0915. The lowest BCUT2D eigenvalue weighted by Crippen LogP contribution is -2.47. The summed E-state index contributed by atoms with van der Waals surface area (Å²) >= 11 is 6.14. The van der Waals surface area contributed by atoms with Gasteiger partial charge in [-0.1, -0.05) is 36.2 Å². The Morgan fingerprint density at radius 2 is 1.68 bits per heavy atom. The molecule has 0 atom stereocenters. The fraction of sp³-hybridized carbons (Fsp3) is 0.343. The van der Waals surface area contributed by atoms with Gasteiger partial charge in [-0.05, 0) is 74.8 Å². The molecule has 1 aromatic heterocycles. The van der Waals surface area contributed by atoms with Crippen LogP contribution in [0.25, 0.3) is 0 Å². The van der Waals surface area contributed by atoms with Crippen molar-refractivity contribution >= 4 is 35.1 Å². The number of halogens is 3. The largest absolute Gasteiger partial charge is 0.489 e. The highest BCUT2D eigenvalue weighted by Gasteiger charge is 2.24. The first-order valence-electron chi connectivity index (χ1n) is 15.6. The molecule has 1 aliphatic rings. The first-order chi connectivity index (χ1) is 22.6. The molecule has 1 amide bonds. The van der Waals surface area contributed by atoms with Gasteiger partial charge in [0.25, 0.3) is 0 Å². The maximum absolute atomic E-state index is 15.0. The number of nitrogens with one attached hydrogen (secondary N) is 1. The Hall–Kier alpha value is -4.32. The van der Waals surface area contributed by atoms with Crippen LogP contribution in [0.15, 0.2) is 60.8 Å². The molecule has 0 radical (unpaired) electrons. The second-order valence-electron chi connectivity index (χ2n) is 11.6. The van der Waals surface area contributed by atoms with Gasteiger partial charge >= 0.3 is 6.09 Å². The van der Waals surface area contributed by atoms with E-state index in [9.17, 15) is 13.6 Å². The first-order valence-corrected chi connectivity index (χ1v) is 16.0. The number of likely N-dealkylation sites (N-methyl/N-ethyl adjacent to an activating group) is 1. The van der Waals surface area contributed by atoms with Crippen LogP contribution >= 0.6 is 11.6 Å². The maximum Gasteiger partial charge on any atom is 0.421 e. The van der Waals surface area contributed by atoms with Crippen LogP contribution in [0.1, 0.15) is 29.2 Å². The highest BCUT2D eigenvalue weighted by Crippen LogP contribution is 2.28. The Morgan fingerprint density at radius 3 is 2.38 bits per heavy atom. The van der Waals surface area contributed by atoms with Crippen molar-refractivity contribution in [2.45, 2.75) is 34.2 Å². The normalized spacial score (nSPS) is 13.8. The van der Waals surface area contributed by atoms with Gasteiger partial charge in [-0.2, -0.15) is 4.98 Å². The molecule has 1 saturated heterocycles. The molecule has 0 aliphatic carbocycles. The number of aromatic nitrogens is 2. The number of rotatable bonds is 11. The van der Waals surface area contributed by atoms with Crippen LogP contribution < -0.4 is 19.7 Å². The summed E-state index contributed by atoms with van der Waals surface area (Å²) in [5, 5.41) is 3.29. The summed E-state index contributed by atoms with van der Waals surface area (Å²) in [6, 6.07) is 13.9. The summed E-state index contributed by atoms with van der Waals surface area (Å²) in [4.78, 5) is 28.3. The molecule has 0 saturated carbocycles. The Labute approximate surface area is 279 Å². The lowest BCUT2D eigenvalue weighted by atomic mass is 10.1. The number of carbonyl (C=O) groups is 1.